The van der Waals surface area contributed by atoms with E-state index in [-0.39, 0.29) is 0 Å². The van der Waals surface area contributed by atoms with Crippen molar-refractivity contribution < 1.29 is 13.2 Å². The fourth-order valence-electron chi connectivity index (χ4n) is 2.19. The van der Waals surface area contributed by atoms with Gasteiger partial charge in [0.05, 0.1) is 5.56 Å². The van der Waals surface area contributed by atoms with Gasteiger partial charge in [0.15, 0.2) is 0 Å². The second-order valence-corrected chi connectivity index (χ2v) is 4.50. The standard InChI is InChI=1S/C12H15F3N2/c13-12(14,15)11-5-10(7-17-8-11)4-9-2-1-3-16-6-9/h5,7-9,16H,1-4,6H2. The molecule has 0 amide bonds. The summed E-state index contributed by atoms with van der Waals surface area (Å²) in [4.78, 5) is 3.68. The molecule has 5 heteroatoms. The normalized spacial score (nSPS) is 21.5. The summed E-state index contributed by atoms with van der Waals surface area (Å²) < 4.78 is 37.5. The van der Waals surface area contributed by atoms with E-state index in [1.807, 2.05) is 0 Å². The Morgan fingerprint density at radius 1 is 1.35 bits per heavy atom. The predicted molar refractivity (Wildman–Crippen MR) is 58.5 cm³/mol. The van der Waals surface area contributed by atoms with Crippen molar-refractivity contribution in [2.75, 3.05) is 13.1 Å². The van der Waals surface area contributed by atoms with E-state index in [4.69, 9.17) is 0 Å². The van der Waals surface area contributed by atoms with Crippen LogP contribution in [0.4, 0.5) is 13.2 Å². The van der Waals surface area contributed by atoms with Crippen molar-refractivity contribution >= 4 is 0 Å². The highest BCUT2D eigenvalue weighted by molar-refractivity contribution is 5.21. The van der Waals surface area contributed by atoms with Crippen molar-refractivity contribution in [3.05, 3.63) is 29.6 Å². The number of hydrogen-bond acceptors (Lipinski definition) is 2. The largest absolute Gasteiger partial charge is 0.417 e. The molecule has 2 heterocycles. The Morgan fingerprint density at radius 3 is 2.82 bits per heavy atom. The maximum Gasteiger partial charge on any atom is 0.417 e. The summed E-state index contributed by atoms with van der Waals surface area (Å²) in [7, 11) is 0. The smallest absolute Gasteiger partial charge is 0.316 e. The molecule has 1 aliphatic rings. The predicted octanol–water partition coefficient (Wildman–Crippen LogP) is 2.64. The Morgan fingerprint density at radius 2 is 2.18 bits per heavy atom. The first-order valence-electron chi connectivity index (χ1n) is 5.77. The molecule has 17 heavy (non-hydrogen) atoms. The van der Waals surface area contributed by atoms with Crippen LogP contribution in [-0.4, -0.2) is 18.1 Å². The van der Waals surface area contributed by atoms with E-state index in [0.717, 1.165) is 32.1 Å². The van der Waals surface area contributed by atoms with Gasteiger partial charge in [0.25, 0.3) is 0 Å². The molecule has 94 valence electrons. The number of rotatable bonds is 2. The lowest BCUT2D eigenvalue weighted by Gasteiger charge is -2.22. The Balaban J connectivity index is 2.05. The molecule has 1 atom stereocenters. The number of nitrogens with one attached hydrogen (secondary N) is 1. The summed E-state index contributed by atoms with van der Waals surface area (Å²) in [5, 5.41) is 3.26. The minimum atomic E-state index is -4.30. The number of aromatic nitrogens is 1. The van der Waals surface area contributed by atoms with Crippen LogP contribution in [0.15, 0.2) is 18.5 Å². The maximum atomic E-state index is 12.5. The van der Waals surface area contributed by atoms with Crippen LogP contribution < -0.4 is 5.32 Å². The zero-order chi connectivity index (χ0) is 12.3. The molecular formula is C12H15F3N2. The summed E-state index contributed by atoms with van der Waals surface area (Å²) in [5.41, 5.74) is 0.0206. The Kier molecular flexibility index (Phi) is 3.66. The van der Waals surface area contributed by atoms with E-state index in [2.05, 4.69) is 10.3 Å². The van der Waals surface area contributed by atoms with Crippen molar-refractivity contribution in [1.29, 1.82) is 0 Å². The lowest BCUT2D eigenvalue weighted by Crippen LogP contribution is -2.30. The van der Waals surface area contributed by atoms with Gasteiger partial charge in [-0.2, -0.15) is 13.2 Å². The molecule has 1 saturated heterocycles. The third-order valence-corrected chi connectivity index (χ3v) is 3.05. The van der Waals surface area contributed by atoms with E-state index < -0.39 is 11.7 Å². The molecule has 0 radical (unpaired) electrons. The zero-order valence-electron chi connectivity index (χ0n) is 9.43. The van der Waals surface area contributed by atoms with E-state index in [1.54, 1.807) is 0 Å². The number of alkyl halides is 3. The lowest BCUT2D eigenvalue weighted by molar-refractivity contribution is -0.137. The van der Waals surface area contributed by atoms with Gasteiger partial charge in [-0.05, 0) is 49.9 Å². The number of piperidine rings is 1. The Hall–Kier alpha value is -1.10. The van der Waals surface area contributed by atoms with Gasteiger partial charge in [-0.1, -0.05) is 0 Å². The molecule has 1 aromatic heterocycles. The Labute approximate surface area is 98.2 Å². The third-order valence-electron chi connectivity index (χ3n) is 3.05. The second kappa shape index (κ2) is 5.04. The first-order chi connectivity index (χ1) is 8.05. The number of hydrogen-bond donors (Lipinski definition) is 1. The van der Waals surface area contributed by atoms with E-state index in [1.165, 1.54) is 12.3 Å². The molecule has 1 aromatic rings. The van der Waals surface area contributed by atoms with Crippen LogP contribution >= 0.6 is 0 Å². The fraction of sp³-hybridized carbons (Fsp3) is 0.583. The zero-order valence-corrected chi connectivity index (χ0v) is 9.43. The molecule has 1 aliphatic heterocycles. The topological polar surface area (TPSA) is 24.9 Å². The molecule has 1 N–H and O–H groups in total. The van der Waals surface area contributed by atoms with Crippen LogP contribution in [0.5, 0.6) is 0 Å². The number of nitrogens with zero attached hydrogens (tertiary/aromatic N) is 1. The summed E-state index contributed by atoms with van der Waals surface area (Å²) >= 11 is 0. The van der Waals surface area contributed by atoms with Crippen molar-refractivity contribution in [2.45, 2.75) is 25.4 Å². The van der Waals surface area contributed by atoms with E-state index in [0.29, 0.717) is 17.9 Å². The van der Waals surface area contributed by atoms with Gasteiger partial charge < -0.3 is 5.32 Å². The highest BCUT2D eigenvalue weighted by Gasteiger charge is 2.31. The van der Waals surface area contributed by atoms with E-state index in [9.17, 15) is 13.2 Å². The number of halogens is 3. The van der Waals surface area contributed by atoms with Crippen LogP contribution in [0.3, 0.4) is 0 Å². The third kappa shape index (κ3) is 3.43. The van der Waals surface area contributed by atoms with E-state index >= 15 is 0 Å². The highest BCUT2D eigenvalue weighted by atomic mass is 19.4. The van der Waals surface area contributed by atoms with Crippen LogP contribution in [0.25, 0.3) is 0 Å². The molecule has 0 saturated carbocycles. The highest BCUT2D eigenvalue weighted by Crippen LogP contribution is 2.29. The fourth-order valence-corrected chi connectivity index (χ4v) is 2.19. The van der Waals surface area contributed by atoms with Gasteiger partial charge in [0.1, 0.15) is 0 Å². The quantitative estimate of drug-likeness (QED) is 0.865. The van der Waals surface area contributed by atoms with Crippen molar-refractivity contribution in [3.63, 3.8) is 0 Å². The summed E-state index contributed by atoms with van der Waals surface area (Å²) in [6.45, 7) is 1.90. The van der Waals surface area contributed by atoms with Gasteiger partial charge >= 0.3 is 6.18 Å². The SMILES string of the molecule is FC(F)(F)c1cncc(CC2CCCNC2)c1. The molecule has 1 fully saturated rings. The minimum Gasteiger partial charge on any atom is -0.316 e. The molecule has 0 spiro atoms. The summed E-state index contributed by atoms with van der Waals surface area (Å²) in [6, 6.07) is 1.21. The lowest BCUT2D eigenvalue weighted by atomic mass is 9.92. The van der Waals surface area contributed by atoms with Gasteiger partial charge in [0, 0.05) is 12.4 Å². The van der Waals surface area contributed by atoms with Crippen LogP contribution in [0, 0.1) is 5.92 Å². The summed E-state index contributed by atoms with van der Waals surface area (Å²) in [5.74, 6) is 0.425. The van der Waals surface area contributed by atoms with Gasteiger partial charge in [-0.15, -0.1) is 0 Å². The van der Waals surface area contributed by atoms with Gasteiger partial charge in [-0.3, -0.25) is 4.98 Å². The molecule has 1 unspecified atom stereocenters. The molecular weight excluding hydrogens is 229 g/mol. The van der Waals surface area contributed by atoms with Crippen molar-refractivity contribution in [3.8, 4) is 0 Å². The van der Waals surface area contributed by atoms with Crippen molar-refractivity contribution in [2.24, 2.45) is 5.92 Å². The Bertz CT molecular complexity index is 370. The first kappa shape index (κ1) is 12.4. The maximum absolute atomic E-state index is 12.5. The first-order valence-corrected chi connectivity index (χ1v) is 5.77. The molecule has 0 aromatic carbocycles. The van der Waals surface area contributed by atoms with Crippen LogP contribution in [0.1, 0.15) is 24.0 Å². The average molecular weight is 244 g/mol. The molecule has 0 aliphatic carbocycles. The number of pyridine rings is 1. The molecule has 2 rings (SSSR count). The summed E-state index contributed by atoms with van der Waals surface area (Å²) in [6.07, 6.45) is 0.949. The monoisotopic (exact) mass is 244 g/mol. The van der Waals surface area contributed by atoms with Crippen LogP contribution in [0.2, 0.25) is 0 Å². The van der Waals surface area contributed by atoms with Gasteiger partial charge in [0.2, 0.25) is 0 Å². The second-order valence-electron chi connectivity index (χ2n) is 4.50. The van der Waals surface area contributed by atoms with Crippen molar-refractivity contribution in [1.82, 2.24) is 10.3 Å². The molecule has 2 nitrogen and oxygen atoms in total. The average Bonchev–Trinajstić information content (AvgIpc) is 2.29. The minimum absolute atomic E-state index is 0.425. The van der Waals surface area contributed by atoms with Crippen LogP contribution in [-0.2, 0) is 12.6 Å². The van der Waals surface area contributed by atoms with Gasteiger partial charge in [-0.25, -0.2) is 0 Å². The molecule has 0 bridgehead atoms.